The van der Waals surface area contributed by atoms with Gasteiger partial charge in [0, 0.05) is 25.4 Å². The van der Waals surface area contributed by atoms with Crippen molar-refractivity contribution in [2.24, 2.45) is 0 Å². The summed E-state index contributed by atoms with van der Waals surface area (Å²) in [7, 11) is 1.70. The van der Waals surface area contributed by atoms with E-state index in [0.29, 0.717) is 13.0 Å². The quantitative estimate of drug-likeness (QED) is 0.532. The molecule has 0 aromatic heterocycles. The van der Waals surface area contributed by atoms with Gasteiger partial charge >= 0.3 is 12.0 Å². The lowest BCUT2D eigenvalue weighted by Crippen LogP contribution is -2.38. The van der Waals surface area contributed by atoms with Gasteiger partial charge in [-0.15, -0.1) is 0 Å². The number of nitrogens with zero attached hydrogens (tertiary/aromatic N) is 1. The van der Waals surface area contributed by atoms with Crippen molar-refractivity contribution in [3.05, 3.63) is 95.8 Å². The van der Waals surface area contributed by atoms with E-state index >= 15 is 0 Å². The highest BCUT2D eigenvalue weighted by Gasteiger charge is 2.11. The van der Waals surface area contributed by atoms with Gasteiger partial charge in [-0.2, -0.15) is 0 Å². The average Bonchev–Trinajstić information content (AvgIpc) is 2.79. The topological polar surface area (TPSA) is 69.6 Å². The first kappa shape index (κ1) is 21.8. The Morgan fingerprint density at radius 3 is 2.39 bits per heavy atom. The average molecular weight is 418 g/mol. The molecular formula is C25H23FN2O3. The van der Waals surface area contributed by atoms with E-state index in [2.05, 4.69) is 5.32 Å². The first-order chi connectivity index (χ1) is 14.9. The molecule has 5 nitrogen and oxygen atoms in total. The molecule has 0 heterocycles. The van der Waals surface area contributed by atoms with Crippen LogP contribution in [0.15, 0.2) is 78.9 Å². The minimum absolute atomic E-state index is 0.228. The summed E-state index contributed by atoms with van der Waals surface area (Å²) >= 11 is 0. The van der Waals surface area contributed by atoms with Gasteiger partial charge in [-0.3, -0.25) is 4.90 Å². The Labute approximate surface area is 180 Å². The fraction of sp³-hybridized carbons (Fsp3) is 0.120. The maximum Gasteiger partial charge on any atom is 0.328 e. The van der Waals surface area contributed by atoms with Crippen LogP contribution in [0.3, 0.4) is 0 Å². The Morgan fingerprint density at radius 2 is 1.71 bits per heavy atom. The van der Waals surface area contributed by atoms with Crippen LogP contribution in [0, 0.1) is 5.82 Å². The van der Waals surface area contributed by atoms with Gasteiger partial charge in [0.1, 0.15) is 5.82 Å². The maximum atomic E-state index is 13.0. The van der Waals surface area contributed by atoms with Crippen LogP contribution in [0.2, 0.25) is 0 Å². The third-order valence-corrected chi connectivity index (χ3v) is 4.80. The molecule has 0 spiro atoms. The maximum absolute atomic E-state index is 13.0. The SMILES string of the molecule is CN(C(=O)NCCc1ccc(F)cc1)c1cccc(-c2ccc(/C=C/C(=O)O)cc2)c1. The Hall–Kier alpha value is -3.93. The van der Waals surface area contributed by atoms with E-state index < -0.39 is 5.97 Å². The van der Waals surface area contributed by atoms with E-state index in [0.717, 1.165) is 34.0 Å². The van der Waals surface area contributed by atoms with Crippen LogP contribution < -0.4 is 10.2 Å². The Bertz CT molecular complexity index is 1080. The van der Waals surface area contributed by atoms with Crippen molar-refractivity contribution in [3.63, 3.8) is 0 Å². The number of carboxylic acids is 1. The van der Waals surface area contributed by atoms with Crippen LogP contribution in [-0.2, 0) is 11.2 Å². The second-order valence-electron chi connectivity index (χ2n) is 7.01. The smallest absolute Gasteiger partial charge is 0.328 e. The highest BCUT2D eigenvalue weighted by atomic mass is 19.1. The van der Waals surface area contributed by atoms with E-state index in [-0.39, 0.29) is 11.8 Å². The number of carbonyl (C=O) groups is 2. The fourth-order valence-electron chi connectivity index (χ4n) is 3.05. The molecule has 0 saturated heterocycles. The normalized spacial score (nSPS) is 10.8. The second-order valence-corrected chi connectivity index (χ2v) is 7.01. The molecule has 6 heteroatoms. The summed E-state index contributed by atoms with van der Waals surface area (Å²) < 4.78 is 13.0. The number of halogens is 1. The number of benzene rings is 3. The molecule has 0 unspecified atom stereocenters. The second kappa shape index (κ2) is 10.2. The van der Waals surface area contributed by atoms with Gasteiger partial charge in [0.2, 0.25) is 0 Å². The van der Waals surface area contributed by atoms with Crippen molar-refractivity contribution in [3.8, 4) is 11.1 Å². The summed E-state index contributed by atoms with van der Waals surface area (Å²) in [4.78, 5) is 24.7. The molecule has 0 saturated carbocycles. The first-order valence-corrected chi connectivity index (χ1v) is 9.80. The lowest BCUT2D eigenvalue weighted by molar-refractivity contribution is -0.131. The third kappa shape index (κ3) is 6.27. The third-order valence-electron chi connectivity index (χ3n) is 4.80. The van der Waals surface area contributed by atoms with Gasteiger partial charge in [0.05, 0.1) is 0 Å². The molecule has 2 amide bonds. The van der Waals surface area contributed by atoms with Gasteiger partial charge in [-0.05, 0) is 59.0 Å². The van der Waals surface area contributed by atoms with Gasteiger partial charge in [-0.25, -0.2) is 14.0 Å². The van der Waals surface area contributed by atoms with Gasteiger partial charge in [0.15, 0.2) is 0 Å². The Morgan fingerprint density at radius 1 is 1.00 bits per heavy atom. The predicted octanol–water partition coefficient (Wildman–Crippen LogP) is 4.98. The van der Waals surface area contributed by atoms with E-state index in [1.54, 1.807) is 19.2 Å². The molecule has 3 aromatic rings. The number of hydrogen-bond donors (Lipinski definition) is 2. The molecule has 158 valence electrons. The lowest BCUT2D eigenvalue weighted by Gasteiger charge is -2.19. The van der Waals surface area contributed by atoms with Gasteiger partial charge in [0.25, 0.3) is 0 Å². The standard InChI is InChI=1S/C25H23FN2O3/c1-28(25(31)27-16-15-19-7-12-22(26)13-8-19)23-4-2-3-21(17-23)20-10-5-18(6-11-20)9-14-24(29)30/h2-14,17H,15-16H2,1H3,(H,27,31)(H,29,30)/b14-9+. The molecule has 31 heavy (non-hydrogen) atoms. The van der Waals surface area contributed by atoms with Crippen LogP contribution in [0.4, 0.5) is 14.9 Å². The highest BCUT2D eigenvalue weighted by Crippen LogP contribution is 2.25. The van der Waals surface area contributed by atoms with Crippen LogP contribution >= 0.6 is 0 Å². The summed E-state index contributed by atoms with van der Waals surface area (Å²) in [6, 6.07) is 21.1. The number of hydrogen-bond acceptors (Lipinski definition) is 2. The van der Waals surface area contributed by atoms with Crippen molar-refractivity contribution < 1.29 is 19.1 Å². The van der Waals surface area contributed by atoms with Gasteiger partial charge in [-0.1, -0.05) is 48.5 Å². The molecule has 0 aliphatic rings. The number of aliphatic carboxylic acids is 1. The number of carbonyl (C=O) groups excluding carboxylic acids is 1. The van der Waals surface area contributed by atoms with Gasteiger partial charge < -0.3 is 10.4 Å². The summed E-state index contributed by atoms with van der Waals surface area (Å²) in [5.74, 6) is -1.27. The van der Waals surface area contributed by atoms with Crippen molar-refractivity contribution in [1.82, 2.24) is 5.32 Å². The summed E-state index contributed by atoms with van der Waals surface area (Å²) in [6.45, 7) is 0.444. The van der Waals surface area contributed by atoms with Crippen LogP contribution in [0.25, 0.3) is 17.2 Å². The van der Waals surface area contributed by atoms with Crippen LogP contribution in [0.5, 0.6) is 0 Å². The molecule has 0 aliphatic heterocycles. The van der Waals surface area contributed by atoms with E-state index in [9.17, 15) is 14.0 Å². The monoisotopic (exact) mass is 418 g/mol. The molecule has 0 fully saturated rings. The zero-order valence-corrected chi connectivity index (χ0v) is 17.1. The van der Waals surface area contributed by atoms with E-state index in [1.165, 1.54) is 23.1 Å². The summed E-state index contributed by atoms with van der Waals surface area (Å²) in [6.07, 6.45) is 3.24. The number of anilines is 1. The number of nitrogens with one attached hydrogen (secondary N) is 1. The molecule has 0 atom stereocenters. The first-order valence-electron chi connectivity index (χ1n) is 9.80. The molecule has 0 radical (unpaired) electrons. The number of amides is 2. The molecule has 3 aromatic carbocycles. The lowest BCUT2D eigenvalue weighted by atomic mass is 10.0. The van der Waals surface area contributed by atoms with E-state index in [4.69, 9.17) is 5.11 Å². The minimum atomic E-state index is -0.990. The highest BCUT2D eigenvalue weighted by molar-refractivity contribution is 5.92. The molecule has 3 rings (SSSR count). The molecule has 2 N–H and O–H groups in total. The van der Waals surface area contributed by atoms with E-state index in [1.807, 2.05) is 48.5 Å². The fourth-order valence-corrected chi connectivity index (χ4v) is 3.05. The molecule has 0 aliphatic carbocycles. The number of urea groups is 1. The van der Waals surface area contributed by atoms with Crippen LogP contribution in [0.1, 0.15) is 11.1 Å². The summed E-state index contributed by atoms with van der Waals surface area (Å²) in [5.41, 5.74) is 4.39. The Kier molecular flexibility index (Phi) is 7.17. The zero-order chi connectivity index (χ0) is 22.2. The predicted molar refractivity (Wildman–Crippen MR) is 120 cm³/mol. The van der Waals surface area contributed by atoms with Crippen molar-refractivity contribution in [1.29, 1.82) is 0 Å². The zero-order valence-electron chi connectivity index (χ0n) is 17.1. The Balaban J connectivity index is 1.62. The number of rotatable bonds is 7. The largest absolute Gasteiger partial charge is 0.478 e. The molecule has 0 bridgehead atoms. The van der Waals surface area contributed by atoms with Crippen LogP contribution in [-0.4, -0.2) is 30.7 Å². The number of carboxylic acid groups (broad SMARTS) is 1. The summed E-state index contributed by atoms with van der Waals surface area (Å²) in [5, 5.41) is 11.6. The minimum Gasteiger partial charge on any atom is -0.478 e. The van der Waals surface area contributed by atoms with Crippen molar-refractivity contribution in [2.45, 2.75) is 6.42 Å². The van der Waals surface area contributed by atoms with Crippen molar-refractivity contribution in [2.75, 3.05) is 18.5 Å². The molecular weight excluding hydrogens is 395 g/mol. The van der Waals surface area contributed by atoms with Crippen molar-refractivity contribution >= 4 is 23.8 Å².